The SMILES string of the molecule is CC(CCc1ccc(OCC2CC2)cc1)NC1CCn2c(=O)[nH]c3cccc(c32)C1O. The Hall–Kier alpha value is -2.57. The Labute approximate surface area is 182 Å². The highest BCUT2D eigenvalue weighted by molar-refractivity contribution is 5.79. The van der Waals surface area contributed by atoms with Crippen molar-refractivity contribution >= 4 is 11.0 Å². The number of hydrogen-bond donors (Lipinski definition) is 3. The van der Waals surface area contributed by atoms with E-state index in [2.05, 4.69) is 41.5 Å². The van der Waals surface area contributed by atoms with Crippen molar-refractivity contribution in [3.05, 3.63) is 64.1 Å². The molecule has 0 saturated heterocycles. The van der Waals surface area contributed by atoms with Crippen LogP contribution in [0.3, 0.4) is 0 Å². The molecule has 3 aromatic rings. The zero-order valence-corrected chi connectivity index (χ0v) is 18.0. The highest BCUT2D eigenvalue weighted by Gasteiger charge is 2.29. The minimum atomic E-state index is -0.641. The van der Waals surface area contributed by atoms with Gasteiger partial charge in [0.2, 0.25) is 0 Å². The van der Waals surface area contributed by atoms with Crippen LogP contribution >= 0.6 is 0 Å². The quantitative estimate of drug-likeness (QED) is 0.520. The fourth-order valence-electron chi connectivity index (χ4n) is 4.60. The van der Waals surface area contributed by atoms with Crippen molar-refractivity contribution in [1.82, 2.24) is 14.9 Å². The number of aryl methyl sites for hydroxylation is 2. The molecule has 5 rings (SSSR count). The van der Waals surface area contributed by atoms with Crippen molar-refractivity contribution < 1.29 is 9.84 Å². The van der Waals surface area contributed by atoms with Gasteiger partial charge in [-0.25, -0.2) is 4.79 Å². The second-order valence-corrected chi connectivity index (χ2v) is 9.17. The number of ether oxygens (including phenoxy) is 1. The monoisotopic (exact) mass is 421 g/mol. The second-order valence-electron chi connectivity index (χ2n) is 9.17. The van der Waals surface area contributed by atoms with Gasteiger partial charge in [0.05, 0.1) is 23.7 Å². The van der Waals surface area contributed by atoms with Crippen molar-refractivity contribution in [2.24, 2.45) is 5.92 Å². The molecule has 1 aromatic heterocycles. The molecule has 1 fully saturated rings. The Balaban J connectivity index is 1.18. The molecular formula is C25H31N3O3. The van der Waals surface area contributed by atoms with Crippen molar-refractivity contribution in [2.45, 2.75) is 63.8 Å². The van der Waals surface area contributed by atoms with Gasteiger partial charge in [-0.3, -0.25) is 4.57 Å². The molecule has 0 bridgehead atoms. The summed E-state index contributed by atoms with van der Waals surface area (Å²) < 4.78 is 7.58. The van der Waals surface area contributed by atoms with Crippen LogP contribution in [0.15, 0.2) is 47.3 Å². The number of aromatic amines is 1. The first-order chi connectivity index (χ1) is 15.1. The van der Waals surface area contributed by atoms with Crippen LogP contribution in [0, 0.1) is 5.92 Å². The molecule has 1 saturated carbocycles. The summed E-state index contributed by atoms with van der Waals surface area (Å²) in [4.78, 5) is 15.2. The zero-order chi connectivity index (χ0) is 21.4. The van der Waals surface area contributed by atoms with E-state index in [-0.39, 0.29) is 17.8 Å². The molecule has 3 unspecified atom stereocenters. The zero-order valence-electron chi connectivity index (χ0n) is 18.0. The lowest BCUT2D eigenvalue weighted by molar-refractivity contribution is 0.119. The largest absolute Gasteiger partial charge is 0.493 e. The van der Waals surface area contributed by atoms with E-state index in [1.807, 2.05) is 18.2 Å². The molecule has 0 radical (unpaired) electrons. The maximum Gasteiger partial charge on any atom is 0.326 e. The summed E-state index contributed by atoms with van der Waals surface area (Å²) in [6.07, 6.45) is 4.61. The molecule has 1 aliphatic carbocycles. The summed E-state index contributed by atoms with van der Waals surface area (Å²) in [5, 5.41) is 14.7. The number of para-hydroxylation sites is 1. The highest BCUT2D eigenvalue weighted by Crippen LogP contribution is 2.31. The number of hydrogen-bond acceptors (Lipinski definition) is 4. The smallest absolute Gasteiger partial charge is 0.326 e. The normalized spacial score (nSPS) is 21.7. The van der Waals surface area contributed by atoms with Gasteiger partial charge in [-0.15, -0.1) is 0 Å². The fraction of sp³-hybridized carbons (Fsp3) is 0.480. The fourth-order valence-corrected chi connectivity index (χ4v) is 4.60. The van der Waals surface area contributed by atoms with E-state index < -0.39 is 6.10 Å². The molecule has 3 N–H and O–H groups in total. The number of aliphatic hydroxyl groups is 1. The van der Waals surface area contributed by atoms with Crippen LogP contribution in [0.1, 0.15) is 49.8 Å². The summed E-state index contributed by atoms with van der Waals surface area (Å²) in [7, 11) is 0. The third kappa shape index (κ3) is 4.41. The third-order valence-electron chi connectivity index (χ3n) is 6.66. The molecule has 1 aliphatic heterocycles. The Kier molecular flexibility index (Phi) is 5.59. The number of imidazole rings is 1. The molecule has 2 aliphatic rings. The molecule has 164 valence electrons. The van der Waals surface area contributed by atoms with Crippen LogP contribution in [-0.4, -0.2) is 33.3 Å². The Morgan fingerprint density at radius 2 is 2.00 bits per heavy atom. The number of benzene rings is 2. The summed E-state index contributed by atoms with van der Waals surface area (Å²) >= 11 is 0. The van der Waals surface area contributed by atoms with Gasteiger partial charge in [0.15, 0.2) is 0 Å². The summed E-state index contributed by atoms with van der Waals surface area (Å²) in [5.41, 5.74) is 3.63. The molecule has 6 nitrogen and oxygen atoms in total. The average molecular weight is 422 g/mol. The van der Waals surface area contributed by atoms with Crippen molar-refractivity contribution in [3.8, 4) is 5.75 Å². The van der Waals surface area contributed by atoms with Crippen molar-refractivity contribution in [1.29, 1.82) is 0 Å². The van der Waals surface area contributed by atoms with Gasteiger partial charge in [0.1, 0.15) is 5.75 Å². The second kappa shape index (κ2) is 8.52. The molecular weight excluding hydrogens is 390 g/mol. The van der Waals surface area contributed by atoms with Crippen molar-refractivity contribution in [3.63, 3.8) is 0 Å². The number of H-pyrrole nitrogens is 1. The van der Waals surface area contributed by atoms with Crippen LogP contribution in [0.5, 0.6) is 5.75 Å². The maximum absolute atomic E-state index is 12.3. The van der Waals surface area contributed by atoms with Gasteiger partial charge in [-0.05, 0) is 68.7 Å². The van der Waals surface area contributed by atoms with Crippen LogP contribution in [-0.2, 0) is 13.0 Å². The topological polar surface area (TPSA) is 79.3 Å². The summed E-state index contributed by atoms with van der Waals surface area (Å²) in [6.45, 7) is 3.60. The van der Waals surface area contributed by atoms with Gasteiger partial charge >= 0.3 is 5.69 Å². The predicted octanol–water partition coefficient (Wildman–Crippen LogP) is 3.54. The van der Waals surface area contributed by atoms with E-state index in [1.165, 1.54) is 18.4 Å². The Morgan fingerprint density at radius 1 is 1.19 bits per heavy atom. The standard InChI is InChI=1S/C25H31N3O3/c1-16(5-6-17-9-11-19(12-10-17)31-15-18-7-8-18)26-22-13-14-28-23-20(24(22)29)3-2-4-21(23)27-25(28)30/h2-4,9-12,16,18,22,24,26,29H,5-8,13-15H2,1H3,(H,27,30). The molecule has 6 heteroatoms. The highest BCUT2D eigenvalue weighted by atomic mass is 16.5. The summed E-state index contributed by atoms with van der Waals surface area (Å²) in [6, 6.07) is 14.3. The minimum Gasteiger partial charge on any atom is -0.493 e. The average Bonchev–Trinajstić information content (AvgIpc) is 3.56. The lowest BCUT2D eigenvalue weighted by atomic mass is 9.98. The lowest BCUT2D eigenvalue weighted by Crippen LogP contribution is -2.41. The minimum absolute atomic E-state index is 0.0851. The van der Waals surface area contributed by atoms with Gasteiger partial charge in [0, 0.05) is 24.2 Å². The van der Waals surface area contributed by atoms with Crippen LogP contribution < -0.4 is 15.7 Å². The van der Waals surface area contributed by atoms with Crippen LogP contribution in [0.25, 0.3) is 11.0 Å². The Morgan fingerprint density at radius 3 is 2.77 bits per heavy atom. The number of aliphatic hydroxyl groups excluding tert-OH is 1. The van der Waals surface area contributed by atoms with E-state index in [0.717, 1.165) is 47.7 Å². The van der Waals surface area contributed by atoms with Gasteiger partial charge in [0.25, 0.3) is 0 Å². The number of nitrogens with zero attached hydrogens (tertiary/aromatic N) is 1. The predicted molar refractivity (Wildman–Crippen MR) is 122 cm³/mol. The Bertz CT molecular complexity index is 1100. The number of aromatic nitrogens is 2. The van der Waals surface area contributed by atoms with E-state index >= 15 is 0 Å². The van der Waals surface area contributed by atoms with Crippen molar-refractivity contribution in [2.75, 3.05) is 6.61 Å². The molecule has 3 atom stereocenters. The first kappa shape index (κ1) is 20.3. The van der Waals surface area contributed by atoms with Crippen LogP contribution in [0.2, 0.25) is 0 Å². The molecule has 31 heavy (non-hydrogen) atoms. The summed E-state index contributed by atoms with van der Waals surface area (Å²) in [5.74, 6) is 1.72. The van der Waals surface area contributed by atoms with Gasteiger partial charge < -0.3 is 20.1 Å². The van der Waals surface area contributed by atoms with E-state index in [4.69, 9.17) is 4.74 Å². The van der Waals surface area contributed by atoms with Crippen LogP contribution in [0.4, 0.5) is 0 Å². The van der Waals surface area contributed by atoms with E-state index in [0.29, 0.717) is 13.0 Å². The van der Waals surface area contributed by atoms with E-state index in [9.17, 15) is 9.90 Å². The van der Waals surface area contributed by atoms with Gasteiger partial charge in [-0.1, -0.05) is 24.3 Å². The van der Waals surface area contributed by atoms with E-state index in [1.54, 1.807) is 4.57 Å². The number of nitrogens with one attached hydrogen (secondary N) is 2. The molecule has 2 aromatic carbocycles. The number of rotatable bonds is 8. The first-order valence-electron chi connectivity index (χ1n) is 11.5. The lowest BCUT2D eigenvalue weighted by Gasteiger charge is -2.26. The molecule has 2 heterocycles. The first-order valence-corrected chi connectivity index (χ1v) is 11.5. The maximum atomic E-state index is 12.3. The third-order valence-corrected chi connectivity index (χ3v) is 6.66. The molecule has 0 amide bonds. The molecule has 0 spiro atoms. The van der Waals surface area contributed by atoms with Gasteiger partial charge in [-0.2, -0.15) is 0 Å².